The Morgan fingerprint density at radius 1 is 1.47 bits per heavy atom. The molecule has 0 radical (unpaired) electrons. The van der Waals surface area contributed by atoms with E-state index in [4.69, 9.17) is 4.74 Å². The molecule has 0 aromatic carbocycles. The summed E-state index contributed by atoms with van der Waals surface area (Å²) in [4.78, 5) is 11.7. The van der Waals surface area contributed by atoms with Crippen molar-refractivity contribution in [2.75, 3.05) is 20.2 Å². The van der Waals surface area contributed by atoms with Gasteiger partial charge >= 0.3 is 5.97 Å². The molecule has 2 rings (SSSR count). The van der Waals surface area contributed by atoms with E-state index in [-0.39, 0.29) is 23.3 Å². The third kappa shape index (κ3) is 2.50. The Morgan fingerprint density at radius 2 is 2.16 bits per heavy atom. The Kier molecular flexibility index (Phi) is 3.64. The lowest BCUT2D eigenvalue weighted by atomic mass is 9.99. The van der Waals surface area contributed by atoms with Gasteiger partial charge in [-0.1, -0.05) is 6.92 Å². The van der Waals surface area contributed by atoms with Gasteiger partial charge in [-0.25, -0.2) is 8.42 Å². The molecule has 2 atom stereocenters. The molecule has 1 aromatic rings. The van der Waals surface area contributed by atoms with Crippen LogP contribution in [0.15, 0.2) is 17.3 Å². The fraction of sp³-hybridized carbons (Fsp3) is 0.636. The zero-order chi connectivity index (χ0) is 14.2. The van der Waals surface area contributed by atoms with E-state index in [1.165, 1.54) is 28.5 Å². The fourth-order valence-electron chi connectivity index (χ4n) is 2.26. The number of carbonyl (C=O) groups is 1. The number of aromatic nitrogens is 2. The maximum Gasteiger partial charge on any atom is 0.310 e. The molecule has 0 N–H and O–H groups in total. The van der Waals surface area contributed by atoms with Gasteiger partial charge in [-0.05, 0) is 5.92 Å². The fourth-order valence-corrected chi connectivity index (χ4v) is 3.81. The Hall–Kier alpha value is -1.41. The zero-order valence-electron chi connectivity index (χ0n) is 11.1. The standard InChI is InChI=1S/C11H17N3O4S/c1-8-5-14(7-10(8)11(15)18-3)19(16,17)9-4-12-13(2)6-9/h4,6,8,10H,5,7H2,1-3H3. The third-order valence-electron chi connectivity index (χ3n) is 3.40. The number of hydrogen-bond acceptors (Lipinski definition) is 5. The van der Waals surface area contributed by atoms with Crippen LogP contribution in [0.3, 0.4) is 0 Å². The van der Waals surface area contributed by atoms with Crippen molar-refractivity contribution >= 4 is 16.0 Å². The first-order valence-corrected chi connectivity index (χ1v) is 7.37. The maximum atomic E-state index is 12.4. The van der Waals surface area contributed by atoms with Crippen LogP contribution in [0.25, 0.3) is 0 Å². The average Bonchev–Trinajstić information content (AvgIpc) is 2.95. The van der Waals surface area contributed by atoms with Gasteiger partial charge in [0.1, 0.15) is 4.90 Å². The van der Waals surface area contributed by atoms with Crippen molar-refractivity contribution in [1.29, 1.82) is 0 Å². The first kappa shape index (κ1) is 14.0. The molecule has 2 heterocycles. The summed E-state index contributed by atoms with van der Waals surface area (Å²) in [6, 6.07) is 0. The Morgan fingerprint density at radius 3 is 2.68 bits per heavy atom. The second kappa shape index (κ2) is 4.93. The minimum atomic E-state index is -3.58. The topological polar surface area (TPSA) is 81.5 Å². The number of esters is 1. The highest BCUT2D eigenvalue weighted by Crippen LogP contribution is 2.28. The van der Waals surface area contributed by atoms with Gasteiger partial charge in [0.05, 0.1) is 19.2 Å². The average molecular weight is 287 g/mol. The van der Waals surface area contributed by atoms with Gasteiger partial charge in [0.2, 0.25) is 10.0 Å². The number of ether oxygens (including phenoxy) is 1. The molecule has 19 heavy (non-hydrogen) atoms. The highest BCUT2D eigenvalue weighted by molar-refractivity contribution is 7.89. The van der Waals surface area contributed by atoms with Crippen molar-refractivity contribution in [2.24, 2.45) is 18.9 Å². The first-order valence-electron chi connectivity index (χ1n) is 5.93. The van der Waals surface area contributed by atoms with Crippen LogP contribution < -0.4 is 0 Å². The van der Waals surface area contributed by atoms with Crippen LogP contribution in [0.5, 0.6) is 0 Å². The molecular weight excluding hydrogens is 270 g/mol. The van der Waals surface area contributed by atoms with Gasteiger partial charge in [0.25, 0.3) is 0 Å². The molecule has 0 bridgehead atoms. The molecule has 2 unspecified atom stereocenters. The minimum absolute atomic E-state index is 0.0566. The molecule has 0 spiro atoms. The normalized spacial score (nSPS) is 24.6. The Labute approximate surface area is 112 Å². The second-order valence-corrected chi connectivity index (χ2v) is 6.72. The molecule has 0 amide bonds. The number of nitrogens with zero attached hydrogens (tertiary/aromatic N) is 3. The molecule has 1 aromatic heterocycles. The predicted octanol–water partition coefficient (Wildman–Crippen LogP) is -0.150. The van der Waals surface area contributed by atoms with Crippen LogP contribution in [0, 0.1) is 11.8 Å². The SMILES string of the molecule is COC(=O)C1CN(S(=O)(=O)c2cnn(C)c2)CC1C. The van der Waals surface area contributed by atoms with Crippen molar-refractivity contribution in [2.45, 2.75) is 11.8 Å². The van der Waals surface area contributed by atoms with Crippen LogP contribution in [-0.2, 0) is 26.6 Å². The summed E-state index contributed by atoms with van der Waals surface area (Å²) < 4.78 is 32.2. The Bertz CT molecular complexity index is 581. The van der Waals surface area contributed by atoms with E-state index in [0.717, 1.165) is 0 Å². The van der Waals surface area contributed by atoms with Gasteiger partial charge in [0, 0.05) is 26.3 Å². The zero-order valence-corrected chi connectivity index (χ0v) is 11.9. The molecule has 0 aliphatic carbocycles. The van der Waals surface area contributed by atoms with E-state index in [1.807, 2.05) is 6.92 Å². The largest absolute Gasteiger partial charge is 0.469 e. The maximum absolute atomic E-state index is 12.4. The van der Waals surface area contributed by atoms with Crippen LogP contribution in [0.1, 0.15) is 6.92 Å². The van der Waals surface area contributed by atoms with E-state index in [2.05, 4.69) is 5.10 Å². The van der Waals surface area contributed by atoms with Gasteiger partial charge < -0.3 is 4.74 Å². The Balaban J connectivity index is 2.22. The number of carbonyl (C=O) groups excluding carboxylic acids is 1. The minimum Gasteiger partial charge on any atom is -0.469 e. The van der Waals surface area contributed by atoms with E-state index in [1.54, 1.807) is 7.05 Å². The predicted molar refractivity (Wildman–Crippen MR) is 66.6 cm³/mol. The molecule has 0 saturated carbocycles. The highest BCUT2D eigenvalue weighted by atomic mass is 32.2. The summed E-state index contributed by atoms with van der Waals surface area (Å²) in [6.07, 6.45) is 2.76. The van der Waals surface area contributed by atoms with Crippen molar-refractivity contribution in [3.63, 3.8) is 0 Å². The third-order valence-corrected chi connectivity index (χ3v) is 5.19. The molecule has 1 fully saturated rings. The summed E-state index contributed by atoms with van der Waals surface area (Å²) in [5, 5.41) is 3.86. The van der Waals surface area contributed by atoms with Crippen molar-refractivity contribution in [3.8, 4) is 0 Å². The van der Waals surface area contributed by atoms with Crippen molar-refractivity contribution < 1.29 is 17.9 Å². The van der Waals surface area contributed by atoms with Crippen LogP contribution >= 0.6 is 0 Å². The number of hydrogen-bond donors (Lipinski definition) is 0. The van der Waals surface area contributed by atoms with Gasteiger partial charge in [-0.15, -0.1) is 0 Å². The van der Waals surface area contributed by atoms with E-state index in [9.17, 15) is 13.2 Å². The van der Waals surface area contributed by atoms with Gasteiger partial charge in [0.15, 0.2) is 0 Å². The molecule has 8 heteroatoms. The van der Waals surface area contributed by atoms with E-state index >= 15 is 0 Å². The second-order valence-electron chi connectivity index (χ2n) is 4.78. The van der Waals surface area contributed by atoms with Gasteiger partial charge in [-0.2, -0.15) is 9.40 Å². The van der Waals surface area contributed by atoms with Crippen LogP contribution in [0.2, 0.25) is 0 Å². The van der Waals surface area contributed by atoms with Crippen molar-refractivity contribution in [3.05, 3.63) is 12.4 Å². The molecular formula is C11H17N3O4S. The summed E-state index contributed by atoms with van der Waals surface area (Å²) in [6.45, 7) is 2.32. The summed E-state index contributed by atoms with van der Waals surface area (Å²) in [5.74, 6) is -0.827. The monoisotopic (exact) mass is 287 g/mol. The lowest BCUT2D eigenvalue weighted by molar-refractivity contribution is -0.145. The molecule has 1 saturated heterocycles. The molecule has 7 nitrogen and oxygen atoms in total. The van der Waals surface area contributed by atoms with Crippen LogP contribution in [0.4, 0.5) is 0 Å². The highest BCUT2D eigenvalue weighted by Gasteiger charge is 2.41. The quantitative estimate of drug-likeness (QED) is 0.722. The van der Waals surface area contributed by atoms with E-state index < -0.39 is 15.9 Å². The van der Waals surface area contributed by atoms with Crippen LogP contribution in [-0.4, -0.2) is 48.7 Å². The smallest absolute Gasteiger partial charge is 0.310 e. The lowest BCUT2D eigenvalue weighted by Gasteiger charge is -2.14. The van der Waals surface area contributed by atoms with Gasteiger partial charge in [-0.3, -0.25) is 9.48 Å². The summed E-state index contributed by atoms with van der Waals surface area (Å²) in [7, 11) is -0.615. The number of sulfonamides is 1. The van der Waals surface area contributed by atoms with E-state index in [0.29, 0.717) is 6.54 Å². The first-order chi connectivity index (χ1) is 8.86. The lowest BCUT2D eigenvalue weighted by Crippen LogP contribution is -2.30. The number of aryl methyl sites for hydroxylation is 1. The molecule has 1 aliphatic rings. The van der Waals surface area contributed by atoms with Crippen molar-refractivity contribution in [1.82, 2.24) is 14.1 Å². The number of methoxy groups -OCH3 is 1. The molecule has 106 valence electrons. The summed E-state index contributed by atoms with van der Waals surface area (Å²) in [5.41, 5.74) is 0. The molecule has 1 aliphatic heterocycles. The summed E-state index contributed by atoms with van der Waals surface area (Å²) >= 11 is 0. The number of rotatable bonds is 3.